The van der Waals surface area contributed by atoms with Crippen LogP contribution in [-0.2, 0) is 6.54 Å². The molecule has 0 atom stereocenters. The number of rotatable bonds is 5. The molecule has 1 aromatic rings. The molecule has 0 spiro atoms. The first-order valence-electron chi connectivity index (χ1n) is 5.83. The van der Waals surface area contributed by atoms with Gasteiger partial charge in [-0.3, -0.25) is 0 Å². The summed E-state index contributed by atoms with van der Waals surface area (Å²) in [7, 11) is 4.15. The Hall–Kier alpha value is -1.37. The van der Waals surface area contributed by atoms with Crippen molar-refractivity contribution < 1.29 is 0 Å². The number of hydrogen-bond donors (Lipinski definition) is 1. The molecule has 0 aliphatic heterocycles. The fourth-order valence-corrected chi connectivity index (χ4v) is 1.44. The number of likely N-dealkylation sites (N-methyl/N-ethyl adjacent to an activating group) is 1. The van der Waals surface area contributed by atoms with Crippen molar-refractivity contribution in [3.05, 3.63) is 35.4 Å². The van der Waals surface area contributed by atoms with Crippen LogP contribution in [0.4, 0.5) is 0 Å². The quantitative estimate of drug-likeness (QED) is 0.842. The Kier molecular flexibility index (Phi) is 4.68. The molecule has 0 heterocycles. The third kappa shape index (κ3) is 3.85. The molecule has 0 bridgehead atoms. The lowest BCUT2D eigenvalue weighted by molar-refractivity contribution is 0.190. The molecule has 0 aliphatic rings. The second-order valence-electron chi connectivity index (χ2n) is 5.08. The van der Waals surface area contributed by atoms with E-state index in [0.29, 0.717) is 0 Å². The summed E-state index contributed by atoms with van der Waals surface area (Å²) in [5.74, 6) is 0. The highest BCUT2D eigenvalue weighted by Crippen LogP contribution is 2.10. The Balaban J connectivity index is 2.55. The molecule has 1 N–H and O–H groups in total. The Morgan fingerprint density at radius 3 is 2.53 bits per heavy atom. The van der Waals surface area contributed by atoms with Crippen LogP contribution < -0.4 is 5.32 Å². The van der Waals surface area contributed by atoms with Crippen molar-refractivity contribution in [2.45, 2.75) is 25.9 Å². The average molecular weight is 231 g/mol. The van der Waals surface area contributed by atoms with E-state index in [1.807, 2.05) is 24.3 Å². The van der Waals surface area contributed by atoms with Gasteiger partial charge in [0.2, 0.25) is 0 Å². The summed E-state index contributed by atoms with van der Waals surface area (Å²) in [5.41, 5.74) is 1.92. The topological polar surface area (TPSA) is 39.1 Å². The maximum Gasteiger partial charge on any atom is 0.0995 e. The van der Waals surface area contributed by atoms with E-state index in [2.05, 4.69) is 44.2 Å². The van der Waals surface area contributed by atoms with Crippen molar-refractivity contribution in [1.29, 1.82) is 5.26 Å². The highest BCUT2D eigenvalue weighted by atomic mass is 15.2. The predicted octanol–water partition coefficient (Wildman–Crippen LogP) is 1.99. The molecule has 0 fully saturated rings. The van der Waals surface area contributed by atoms with Crippen molar-refractivity contribution in [3.8, 4) is 6.07 Å². The summed E-state index contributed by atoms with van der Waals surface area (Å²) >= 11 is 0. The molecule has 3 nitrogen and oxygen atoms in total. The third-order valence-corrected chi connectivity index (χ3v) is 3.22. The van der Waals surface area contributed by atoms with E-state index in [4.69, 9.17) is 5.26 Å². The molecular formula is C14H21N3. The molecule has 3 heteroatoms. The van der Waals surface area contributed by atoms with E-state index >= 15 is 0 Å². The van der Waals surface area contributed by atoms with Gasteiger partial charge in [-0.05, 0) is 39.6 Å². The van der Waals surface area contributed by atoms with E-state index in [-0.39, 0.29) is 5.54 Å². The molecule has 1 rings (SSSR count). The van der Waals surface area contributed by atoms with Crippen molar-refractivity contribution in [3.63, 3.8) is 0 Å². The first-order chi connectivity index (χ1) is 7.97. The van der Waals surface area contributed by atoms with E-state index in [1.54, 1.807) is 0 Å². The van der Waals surface area contributed by atoms with Gasteiger partial charge in [-0.1, -0.05) is 18.2 Å². The van der Waals surface area contributed by atoms with E-state index in [9.17, 15) is 0 Å². The van der Waals surface area contributed by atoms with Gasteiger partial charge < -0.3 is 10.2 Å². The first kappa shape index (κ1) is 13.7. The highest BCUT2D eigenvalue weighted by molar-refractivity contribution is 5.37. The van der Waals surface area contributed by atoms with Crippen LogP contribution in [0.5, 0.6) is 0 Å². The zero-order chi connectivity index (χ0) is 12.9. The molecule has 17 heavy (non-hydrogen) atoms. The van der Waals surface area contributed by atoms with Gasteiger partial charge in [-0.2, -0.15) is 5.26 Å². The molecule has 0 aliphatic carbocycles. The molecule has 0 amide bonds. The van der Waals surface area contributed by atoms with Crippen LogP contribution in [0.2, 0.25) is 0 Å². The molecule has 0 aromatic heterocycles. The smallest absolute Gasteiger partial charge is 0.0995 e. The average Bonchev–Trinajstić information content (AvgIpc) is 2.29. The van der Waals surface area contributed by atoms with Crippen LogP contribution in [0.1, 0.15) is 25.0 Å². The molecule has 0 saturated carbocycles. The molecule has 92 valence electrons. The maximum absolute atomic E-state index is 8.98. The Morgan fingerprint density at radius 2 is 1.94 bits per heavy atom. The molecule has 0 unspecified atom stereocenters. The SMILES string of the molecule is CN(C)C(C)(C)CNCc1ccccc1C#N. The summed E-state index contributed by atoms with van der Waals surface area (Å²) in [5, 5.41) is 12.4. The fourth-order valence-electron chi connectivity index (χ4n) is 1.44. The Morgan fingerprint density at radius 1 is 1.29 bits per heavy atom. The van der Waals surface area contributed by atoms with Crippen molar-refractivity contribution in [1.82, 2.24) is 10.2 Å². The first-order valence-corrected chi connectivity index (χ1v) is 5.83. The van der Waals surface area contributed by atoms with Crippen LogP contribution in [-0.4, -0.2) is 31.1 Å². The monoisotopic (exact) mass is 231 g/mol. The summed E-state index contributed by atoms with van der Waals surface area (Å²) in [6, 6.07) is 9.93. The van der Waals surface area contributed by atoms with E-state index < -0.39 is 0 Å². The van der Waals surface area contributed by atoms with Gasteiger partial charge in [0, 0.05) is 18.6 Å². The second kappa shape index (κ2) is 5.81. The summed E-state index contributed by atoms with van der Waals surface area (Å²) in [4.78, 5) is 2.19. The summed E-state index contributed by atoms with van der Waals surface area (Å²) < 4.78 is 0. The van der Waals surface area contributed by atoms with Crippen LogP contribution in [0.15, 0.2) is 24.3 Å². The van der Waals surface area contributed by atoms with Crippen LogP contribution >= 0.6 is 0 Å². The zero-order valence-corrected chi connectivity index (χ0v) is 11.1. The number of benzene rings is 1. The standard InChI is InChI=1S/C14H21N3/c1-14(2,17(3)4)11-16-10-13-8-6-5-7-12(13)9-15/h5-8,16H,10-11H2,1-4H3. The van der Waals surface area contributed by atoms with Gasteiger partial charge in [0.25, 0.3) is 0 Å². The van der Waals surface area contributed by atoms with Gasteiger partial charge in [-0.15, -0.1) is 0 Å². The Bertz CT molecular complexity index is 402. The van der Waals surface area contributed by atoms with Crippen LogP contribution in [0, 0.1) is 11.3 Å². The lowest BCUT2D eigenvalue weighted by Gasteiger charge is -2.32. The molecule has 0 saturated heterocycles. The fraction of sp³-hybridized carbons (Fsp3) is 0.500. The minimum Gasteiger partial charge on any atom is -0.311 e. The van der Waals surface area contributed by atoms with Gasteiger partial charge >= 0.3 is 0 Å². The van der Waals surface area contributed by atoms with Gasteiger partial charge in [0.05, 0.1) is 11.6 Å². The summed E-state index contributed by atoms with van der Waals surface area (Å²) in [6.07, 6.45) is 0. The minimum absolute atomic E-state index is 0.113. The number of hydrogen-bond acceptors (Lipinski definition) is 3. The number of nitrogens with zero attached hydrogens (tertiary/aromatic N) is 2. The second-order valence-corrected chi connectivity index (χ2v) is 5.08. The lowest BCUT2D eigenvalue weighted by atomic mass is 10.0. The number of nitrogens with one attached hydrogen (secondary N) is 1. The van der Waals surface area contributed by atoms with Crippen LogP contribution in [0.25, 0.3) is 0 Å². The van der Waals surface area contributed by atoms with Gasteiger partial charge in [0.1, 0.15) is 0 Å². The van der Waals surface area contributed by atoms with Crippen LogP contribution in [0.3, 0.4) is 0 Å². The summed E-state index contributed by atoms with van der Waals surface area (Å²) in [6.45, 7) is 6.01. The molecule has 0 radical (unpaired) electrons. The van der Waals surface area contributed by atoms with Gasteiger partial charge in [0.15, 0.2) is 0 Å². The molecule has 1 aromatic carbocycles. The van der Waals surface area contributed by atoms with Crippen molar-refractivity contribution in [2.24, 2.45) is 0 Å². The van der Waals surface area contributed by atoms with E-state index in [1.165, 1.54) is 0 Å². The lowest BCUT2D eigenvalue weighted by Crippen LogP contribution is -2.46. The minimum atomic E-state index is 0.113. The van der Waals surface area contributed by atoms with E-state index in [0.717, 1.165) is 24.2 Å². The highest BCUT2D eigenvalue weighted by Gasteiger charge is 2.19. The van der Waals surface area contributed by atoms with Crippen molar-refractivity contribution in [2.75, 3.05) is 20.6 Å². The number of nitriles is 1. The largest absolute Gasteiger partial charge is 0.311 e. The predicted molar refractivity (Wildman–Crippen MR) is 70.6 cm³/mol. The maximum atomic E-state index is 8.98. The zero-order valence-electron chi connectivity index (χ0n) is 11.1. The Labute approximate surface area is 104 Å². The third-order valence-electron chi connectivity index (χ3n) is 3.22. The van der Waals surface area contributed by atoms with Crippen molar-refractivity contribution >= 4 is 0 Å². The normalized spacial score (nSPS) is 11.5. The molecular weight excluding hydrogens is 210 g/mol. The van der Waals surface area contributed by atoms with Gasteiger partial charge in [-0.25, -0.2) is 0 Å².